The van der Waals surface area contributed by atoms with Crippen molar-refractivity contribution in [2.75, 3.05) is 13.1 Å². The number of aromatic nitrogens is 1. The van der Waals surface area contributed by atoms with Crippen molar-refractivity contribution < 1.29 is 9.72 Å². The lowest BCUT2D eigenvalue weighted by Crippen LogP contribution is -2.31. The molecule has 1 amide bonds. The third-order valence-corrected chi connectivity index (χ3v) is 2.54. The molecule has 0 bridgehead atoms. The van der Waals surface area contributed by atoms with Crippen LogP contribution in [-0.4, -0.2) is 28.9 Å². The summed E-state index contributed by atoms with van der Waals surface area (Å²) >= 11 is 0. The first-order valence-electron chi connectivity index (χ1n) is 5.55. The van der Waals surface area contributed by atoms with E-state index in [-0.39, 0.29) is 35.5 Å². The minimum absolute atomic E-state index is 0. The normalized spacial score (nSPS) is 11.3. The molecule has 1 unspecified atom stereocenters. The average molecular weight is 289 g/mol. The van der Waals surface area contributed by atoms with Gasteiger partial charge in [-0.1, -0.05) is 6.92 Å². The zero-order chi connectivity index (χ0) is 13.7. The van der Waals surface area contributed by atoms with E-state index in [1.807, 2.05) is 6.92 Å². The Bertz CT molecular complexity index is 467. The van der Waals surface area contributed by atoms with Crippen molar-refractivity contribution in [2.45, 2.75) is 13.8 Å². The van der Waals surface area contributed by atoms with Gasteiger partial charge >= 0.3 is 0 Å². The fraction of sp³-hybridized carbons (Fsp3) is 0.455. The second kappa shape index (κ2) is 7.65. The molecule has 0 fully saturated rings. The number of halogens is 1. The number of carbonyl (C=O) groups excluding carboxylic acids is 1. The Labute approximate surface area is 117 Å². The number of rotatable bonds is 5. The van der Waals surface area contributed by atoms with E-state index in [0.29, 0.717) is 18.8 Å². The number of nitrogens with two attached hydrogens (primary N) is 1. The number of hydrogen-bond acceptors (Lipinski definition) is 5. The summed E-state index contributed by atoms with van der Waals surface area (Å²) in [6, 6.07) is 1.23. The third-order valence-electron chi connectivity index (χ3n) is 2.54. The molecule has 0 aliphatic carbocycles. The molecule has 0 spiro atoms. The summed E-state index contributed by atoms with van der Waals surface area (Å²) in [6.45, 7) is 4.42. The molecule has 106 valence electrons. The second-order valence-corrected chi connectivity index (χ2v) is 4.13. The number of hydrogen-bond donors (Lipinski definition) is 2. The van der Waals surface area contributed by atoms with Crippen LogP contribution in [0, 0.1) is 23.0 Å². The maximum Gasteiger partial charge on any atom is 0.288 e. The Morgan fingerprint density at radius 3 is 2.79 bits per heavy atom. The van der Waals surface area contributed by atoms with Gasteiger partial charge in [-0.25, -0.2) is 0 Å². The quantitative estimate of drug-likeness (QED) is 0.621. The van der Waals surface area contributed by atoms with Gasteiger partial charge in [-0.3, -0.25) is 19.9 Å². The summed E-state index contributed by atoms with van der Waals surface area (Å²) in [5.74, 6) is -0.218. The molecule has 1 aromatic heterocycles. The molecular weight excluding hydrogens is 272 g/mol. The highest BCUT2D eigenvalue weighted by Crippen LogP contribution is 2.14. The minimum atomic E-state index is -0.578. The van der Waals surface area contributed by atoms with Crippen molar-refractivity contribution in [3.05, 3.63) is 33.6 Å². The molecule has 0 aliphatic heterocycles. The van der Waals surface area contributed by atoms with Crippen LogP contribution in [0.2, 0.25) is 0 Å². The van der Waals surface area contributed by atoms with E-state index in [9.17, 15) is 14.9 Å². The molecule has 8 heteroatoms. The van der Waals surface area contributed by atoms with Crippen molar-refractivity contribution in [3.8, 4) is 0 Å². The van der Waals surface area contributed by atoms with E-state index in [1.54, 1.807) is 6.92 Å². The van der Waals surface area contributed by atoms with E-state index in [1.165, 1.54) is 6.07 Å². The van der Waals surface area contributed by atoms with Gasteiger partial charge < -0.3 is 11.1 Å². The summed E-state index contributed by atoms with van der Waals surface area (Å²) < 4.78 is 0. The van der Waals surface area contributed by atoms with Crippen LogP contribution in [0.15, 0.2) is 12.3 Å². The van der Waals surface area contributed by atoms with Crippen LogP contribution in [0.1, 0.15) is 23.0 Å². The summed E-state index contributed by atoms with van der Waals surface area (Å²) in [7, 11) is 0. The van der Waals surface area contributed by atoms with Crippen molar-refractivity contribution in [1.82, 2.24) is 10.3 Å². The summed E-state index contributed by atoms with van der Waals surface area (Å²) in [6.07, 6.45) is 1.13. The van der Waals surface area contributed by atoms with Crippen molar-refractivity contribution in [1.29, 1.82) is 0 Å². The smallest absolute Gasteiger partial charge is 0.288 e. The molecule has 3 N–H and O–H groups in total. The van der Waals surface area contributed by atoms with Gasteiger partial charge in [0.1, 0.15) is 6.20 Å². The van der Waals surface area contributed by atoms with Crippen molar-refractivity contribution in [3.63, 3.8) is 0 Å². The highest BCUT2D eigenvalue weighted by atomic mass is 35.5. The molecule has 1 aromatic rings. The fourth-order valence-corrected chi connectivity index (χ4v) is 1.30. The van der Waals surface area contributed by atoms with Crippen LogP contribution < -0.4 is 11.1 Å². The summed E-state index contributed by atoms with van der Waals surface area (Å²) in [5.41, 5.74) is 5.91. The van der Waals surface area contributed by atoms with Crippen LogP contribution in [0.25, 0.3) is 0 Å². The average Bonchev–Trinajstić information content (AvgIpc) is 2.35. The number of nitro groups is 1. The number of nitrogens with zero attached hydrogens (tertiary/aromatic N) is 2. The van der Waals surface area contributed by atoms with E-state index in [2.05, 4.69) is 10.3 Å². The van der Waals surface area contributed by atoms with Gasteiger partial charge in [0.2, 0.25) is 0 Å². The molecule has 19 heavy (non-hydrogen) atoms. The van der Waals surface area contributed by atoms with E-state index in [0.717, 1.165) is 6.20 Å². The molecule has 0 saturated carbocycles. The number of pyridine rings is 1. The lowest BCUT2D eigenvalue weighted by molar-refractivity contribution is -0.385. The zero-order valence-electron chi connectivity index (χ0n) is 10.8. The Morgan fingerprint density at radius 1 is 1.63 bits per heavy atom. The van der Waals surface area contributed by atoms with Crippen molar-refractivity contribution in [2.24, 2.45) is 11.7 Å². The molecule has 7 nitrogen and oxygen atoms in total. The number of carbonyl (C=O) groups is 1. The molecule has 0 aromatic carbocycles. The third kappa shape index (κ3) is 4.80. The van der Waals surface area contributed by atoms with Crippen LogP contribution in [0.3, 0.4) is 0 Å². The van der Waals surface area contributed by atoms with Gasteiger partial charge in [-0.2, -0.15) is 0 Å². The van der Waals surface area contributed by atoms with Crippen LogP contribution in [-0.2, 0) is 0 Å². The monoisotopic (exact) mass is 288 g/mol. The first-order chi connectivity index (χ1) is 8.45. The van der Waals surface area contributed by atoms with Crippen molar-refractivity contribution >= 4 is 24.0 Å². The maximum atomic E-state index is 11.8. The largest absolute Gasteiger partial charge is 0.352 e. The predicted molar refractivity (Wildman–Crippen MR) is 73.4 cm³/mol. The second-order valence-electron chi connectivity index (χ2n) is 4.13. The fourth-order valence-electron chi connectivity index (χ4n) is 1.30. The Balaban J connectivity index is 0.00000324. The lowest BCUT2D eigenvalue weighted by Gasteiger charge is -2.10. The SMILES string of the molecule is Cc1ncc([N+](=O)[O-])cc1C(=O)NCC(C)CN.Cl. The topological polar surface area (TPSA) is 111 Å². The number of nitrogens with one attached hydrogen (secondary N) is 1. The highest BCUT2D eigenvalue weighted by Gasteiger charge is 2.16. The predicted octanol–water partition coefficient (Wildman–Crippen LogP) is 1.04. The van der Waals surface area contributed by atoms with Gasteiger partial charge in [0.05, 0.1) is 16.2 Å². The van der Waals surface area contributed by atoms with Gasteiger partial charge in [0.15, 0.2) is 0 Å². The molecule has 0 aliphatic rings. The zero-order valence-corrected chi connectivity index (χ0v) is 11.6. The summed E-state index contributed by atoms with van der Waals surface area (Å²) in [4.78, 5) is 25.7. The van der Waals surface area contributed by atoms with Crippen LogP contribution in [0.5, 0.6) is 0 Å². The molecule has 0 radical (unpaired) electrons. The van der Waals surface area contributed by atoms with Crippen LogP contribution >= 0.6 is 12.4 Å². The van der Waals surface area contributed by atoms with Gasteiger partial charge in [-0.05, 0) is 19.4 Å². The standard InChI is InChI=1S/C11H16N4O3.ClH/c1-7(4-12)5-14-11(16)10-3-9(15(17)18)6-13-8(10)2;/h3,6-7H,4-5,12H2,1-2H3,(H,14,16);1H. The minimum Gasteiger partial charge on any atom is -0.352 e. The molecule has 0 saturated heterocycles. The van der Waals surface area contributed by atoms with Gasteiger partial charge in [0, 0.05) is 12.6 Å². The van der Waals surface area contributed by atoms with Crippen LogP contribution in [0.4, 0.5) is 5.69 Å². The lowest BCUT2D eigenvalue weighted by atomic mass is 10.1. The van der Waals surface area contributed by atoms with E-state index in [4.69, 9.17) is 5.73 Å². The Morgan fingerprint density at radius 2 is 2.26 bits per heavy atom. The van der Waals surface area contributed by atoms with E-state index >= 15 is 0 Å². The molecular formula is C11H17ClN4O3. The van der Waals surface area contributed by atoms with Gasteiger partial charge in [-0.15, -0.1) is 12.4 Å². The Hall–Kier alpha value is -1.73. The maximum absolute atomic E-state index is 11.8. The summed E-state index contributed by atoms with van der Waals surface area (Å²) in [5, 5.41) is 13.3. The molecule has 1 rings (SSSR count). The van der Waals surface area contributed by atoms with E-state index < -0.39 is 4.92 Å². The van der Waals surface area contributed by atoms with Gasteiger partial charge in [0.25, 0.3) is 11.6 Å². The number of amides is 1. The molecule has 1 atom stereocenters. The number of aryl methyl sites for hydroxylation is 1. The first kappa shape index (κ1) is 17.3. The first-order valence-corrected chi connectivity index (χ1v) is 5.55. The Kier molecular flexibility index (Phi) is 6.95. The molecule has 1 heterocycles. The highest BCUT2D eigenvalue weighted by molar-refractivity contribution is 5.95.